The Balaban J connectivity index is 1.46. The topological polar surface area (TPSA) is 125 Å². The van der Waals surface area contributed by atoms with Gasteiger partial charge >= 0.3 is 5.97 Å². The quantitative estimate of drug-likeness (QED) is 0.353. The van der Waals surface area contributed by atoms with Crippen LogP contribution in [0.1, 0.15) is 76.9 Å². The van der Waals surface area contributed by atoms with Crippen molar-refractivity contribution in [3.8, 4) is 0 Å². The molecule has 5 aliphatic rings. The van der Waals surface area contributed by atoms with Crippen LogP contribution in [0.2, 0.25) is 0 Å². The number of cyclic esters (lactones) is 1. The van der Waals surface area contributed by atoms with E-state index in [0.717, 1.165) is 32.1 Å². The Bertz CT molecular complexity index is 1390. The second-order valence-corrected chi connectivity index (χ2v) is 14.1. The predicted octanol–water partition coefficient (Wildman–Crippen LogP) is 3.93. The molecule has 0 aromatic heterocycles. The summed E-state index contributed by atoms with van der Waals surface area (Å²) in [6.45, 7) is 3.67. The molecular formula is C35H44BrN3O7. The van der Waals surface area contributed by atoms with Crippen LogP contribution in [0.3, 0.4) is 0 Å². The van der Waals surface area contributed by atoms with Crippen molar-refractivity contribution >= 4 is 39.6 Å². The summed E-state index contributed by atoms with van der Waals surface area (Å²) in [5.74, 6) is -3.49. The third kappa shape index (κ3) is 5.72. The molecule has 3 amide bonds. The Kier molecular flexibility index (Phi) is 9.73. The monoisotopic (exact) mass is 697 g/mol. The van der Waals surface area contributed by atoms with Crippen molar-refractivity contribution < 1.29 is 33.8 Å². The number of rotatable bonds is 5. The first-order chi connectivity index (χ1) is 22.2. The molecule has 1 spiro atoms. The number of halogens is 1. The summed E-state index contributed by atoms with van der Waals surface area (Å²) >= 11 is 3.62. The number of aliphatic hydroxyl groups is 1. The molecule has 1 aromatic rings. The third-order valence-corrected chi connectivity index (χ3v) is 11.1. The predicted molar refractivity (Wildman–Crippen MR) is 173 cm³/mol. The summed E-state index contributed by atoms with van der Waals surface area (Å²) < 4.78 is 13.5. The molecule has 4 aliphatic heterocycles. The number of hydrogen-bond donors (Lipinski definition) is 2. The van der Waals surface area contributed by atoms with Gasteiger partial charge in [-0.3, -0.25) is 19.2 Å². The van der Waals surface area contributed by atoms with Crippen molar-refractivity contribution in [1.82, 2.24) is 15.1 Å². The molecule has 8 atom stereocenters. The lowest BCUT2D eigenvalue weighted by Gasteiger charge is -2.41. The van der Waals surface area contributed by atoms with Crippen LogP contribution in [0.25, 0.3) is 0 Å². The Labute approximate surface area is 278 Å². The fourth-order valence-corrected chi connectivity index (χ4v) is 8.94. The standard InChI is InChI=1S/C35H44BrN3O7/c1-3-23(20-40)39-31-33(43)38(24-15-9-5-10-16-24)18-12-6-11-17-26(41)37-21(2)29(22-13-7-4-8-14-22)45-34(44)27-28(32(39)42)35(31)19-25(36)30(27)46-35/h4,6-8,12-14,19,21,23-24,27-31,40H,3,5,9-11,15-18,20H2,1-2H3,(H,37,41)/b12-6-/t21-,23-,27+,28-,29+,30+,31+,35-/m0/s1. The average Bonchev–Trinajstić information content (AvgIpc) is 3.65. The molecule has 1 saturated carbocycles. The van der Waals surface area contributed by atoms with E-state index in [9.17, 15) is 24.3 Å². The Hall–Kier alpha value is -3.02. The summed E-state index contributed by atoms with van der Waals surface area (Å²) in [5, 5.41) is 13.5. The molecule has 10 nitrogen and oxygen atoms in total. The molecule has 3 fully saturated rings. The van der Waals surface area contributed by atoms with Crippen molar-refractivity contribution in [3.63, 3.8) is 0 Å². The van der Waals surface area contributed by atoms with E-state index in [1.54, 1.807) is 13.0 Å². The molecule has 1 aromatic carbocycles. The lowest BCUT2D eigenvalue weighted by Crippen LogP contribution is -2.60. The maximum atomic E-state index is 14.9. The number of benzene rings is 1. The summed E-state index contributed by atoms with van der Waals surface area (Å²) in [5.41, 5.74) is -0.701. The summed E-state index contributed by atoms with van der Waals surface area (Å²) in [7, 11) is 0. The number of amides is 3. The highest BCUT2D eigenvalue weighted by atomic mass is 79.9. The Morgan fingerprint density at radius 2 is 1.78 bits per heavy atom. The molecular weight excluding hydrogens is 654 g/mol. The summed E-state index contributed by atoms with van der Waals surface area (Å²) in [6, 6.07) is 6.95. The highest BCUT2D eigenvalue weighted by Crippen LogP contribution is 2.59. The first kappa shape index (κ1) is 32.9. The minimum Gasteiger partial charge on any atom is -0.455 e. The number of allylic oxidation sites excluding steroid dienone is 1. The van der Waals surface area contributed by atoms with Gasteiger partial charge in [0.25, 0.3) is 0 Å². The number of hydrogen-bond acceptors (Lipinski definition) is 7. The SMILES string of the molecule is CC[C@@H](CO)N1C(=O)[C@@H]2[C@H]3C(=O)O[C@@H](c4ccccc4)[C@H](C)NC(=O)CC/C=C\CN(C4CCCCC4)C(=O)[C@@H]1[C@]21C=C(Br)[C@H]3O1. The van der Waals surface area contributed by atoms with Crippen LogP contribution in [0.15, 0.2) is 53.0 Å². The van der Waals surface area contributed by atoms with Gasteiger partial charge in [-0.2, -0.15) is 0 Å². The average molecular weight is 699 g/mol. The Morgan fingerprint density at radius 1 is 1.04 bits per heavy atom. The van der Waals surface area contributed by atoms with Gasteiger partial charge in [0.1, 0.15) is 29.8 Å². The number of aliphatic hydroxyl groups excluding tert-OH is 1. The number of likely N-dealkylation sites (tertiary alicyclic amines) is 1. The zero-order valence-corrected chi connectivity index (χ0v) is 28.1. The minimum absolute atomic E-state index is 0.0165. The Morgan fingerprint density at radius 3 is 2.48 bits per heavy atom. The summed E-state index contributed by atoms with van der Waals surface area (Å²) in [6.07, 6.45) is 10.0. The molecule has 248 valence electrons. The number of carbonyl (C=O) groups excluding carboxylic acids is 4. The maximum Gasteiger partial charge on any atom is 0.313 e. The molecule has 2 saturated heterocycles. The largest absolute Gasteiger partial charge is 0.455 e. The zero-order chi connectivity index (χ0) is 32.6. The van der Waals surface area contributed by atoms with Gasteiger partial charge in [-0.25, -0.2) is 0 Å². The van der Waals surface area contributed by atoms with Crippen LogP contribution in [0.5, 0.6) is 0 Å². The molecule has 0 unspecified atom stereocenters. The van der Waals surface area contributed by atoms with Gasteiger partial charge in [0.15, 0.2) is 0 Å². The van der Waals surface area contributed by atoms with E-state index in [-0.39, 0.29) is 30.9 Å². The van der Waals surface area contributed by atoms with Crippen molar-refractivity contribution in [2.24, 2.45) is 11.8 Å². The van der Waals surface area contributed by atoms with Crippen LogP contribution >= 0.6 is 15.9 Å². The van der Waals surface area contributed by atoms with E-state index in [2.05, 4.69) is 21.2 Å². The molecule has 1 aliphatic carbocycles. The number of ether oxygens (including phenoxy) is 2. The molecule has 6 rings (SSSR count). The fourth-order valence-electron chi connectivity index (χ4n) is 8.21. The van der Waals surface area contributed by atoms with Crippen molar-refractivity contribution in [2.75, 3.05) is 13.2 Å². The summed E-state index contributed by atoms with van der Waals surface area (Å²) in [4.78, 5) is 60.2. The number of nitrogens with one attached hydrogen (secondary N) is 1. The lowest BCUT2D eigenvalue weighted by molar-refractivity contribution is -0.162. The highest BCUT2D eigenvalue weighted by Gasteiger charge is 2.75. The van der Waals surface area contributed by atoms with Gasteiger partial charge in [0, 0.05) is 23.5 Å². The van der Waals surface area contributed by atoms with Crippen molar-refractivity contribution in [3.05, 3.63) is 58.6 Å². The zero-order valence-electron chi connectivity index (χ0n) is 26.5. The fraction of sp³-hybridized carbons (Fsp3) is 0.600. The second kappa shape index (κ2) is 13.6. The van der Waals surface area contributed by atoms with E-state index in [1.165, 1.54) is 4.90 Å². The van der Waals surface area contributed by atoms with E-state index in [4.69, 9.17) is 9.47 Å². The highest BCUT2D eigenvalue weighted by molar-refractivity contribution is 9.11. The van der Waals surface area contributed by atoms with Crippen LogP contribution in [-0.4, -0.2) is 87.6 Å². The number of esters is 1. The minimum atomic E-state index is -1.41. The lowest BCUT2D eigenvalue weighted by atomic mass is 9.74. The van der Waals surface area contributed by atoms with Gasteiger partial charge in [-0.05, 0) is 44.2 Å². The first-order valence-electron chi connectivity index (χ1n) is 16.7. The van der Waals surface area contributed by atoms with Crippen LogP contribution in [0, 0.1) is 11.8 Å². The molecule has 11 heteroatoms. The van der Waals surface area contributed by atoms with Gasteiger partial charge in [-0.15, -0.1) is 0 Å². The second-order valence-electron chi connectivity index (χ2n) is 13.2. The van der Waals surface area contributed by atoms with Crippen LogP contribution in [-0.2, 0) is 28.7 Å². The first-order valence-corrected chi connectivity index (χ1v) is 17.5. The normalized spacial score (nSPS) is 35.4. The van der Waals surface area contributed by atoms with Crippen molar-refractivity contribution in [2.45, 2.75) is 107 Å². The van der Waals surface area contributed by atoms with Gasteiger partial charge < -0.3 is 29.7 Å². The molecule has 2 N–H and O–H groups in total. The van der Waals surface area contributed by atoms with E-state index >= 15 is 0 Å². The number of carbonyl (C=O) groups is 4. The van der Waals surface area contributed by atoms with E-state index < -0.39 is 59.6 Å². The van der Waals surface area contributed by atoms with Crippen LogP contribution in [0.4, 0.5) is 0 Å². The molecule has 5 bridgehead atoms. The van der Waals surface area contributed by atoms with E-state index in [1.807, 2.05) is 54.3 Å². The van der Waals surface area contributed by atoms with Crippen molar-refractivity contribution in [1.29, 1.82) is 0 Å². The van der Waals surface area contributed by atoms with E-state index in [0.29, 0.717) is 29.4 Å². The van der Waals surface area contributed by atoms with Gasteiger partial charge in [0.05, 0.1) is 24.6 Å². The number of nitrogens with zero attached hydrogens (tertiary/aromatic N) is 2. The van der Waals surface area contributed by atoms with Gasteiger partial charge in [0.2, 0.25) is 17.7 Å². The smallest absolute Gasteiger partial charge is 0.313 e. The third-order valence-electron chi connectivity index (χ3n) is 10.5. The van der Waals surface area contributed by atoms with Crippen LogP contribution < -0.4 is 5.32 Å². The molecule has 0 radical (unpaired) electrons. The maximum absolute atomic E-state index is 14.9. The van der Waals surface area contributed by atoms with Gasteiger partial charge in [-0.1, -0.05) is 84.6 Å². The molecule has 46 heavy (non-hydrogen) atoms. The molecule has 4 heterocycles. The number of fused-ring (bicyclic) bond motifs is 2.